The number of β-lactam (4-membered cyclic amide) rings is 1. The number of aromatic nitrogens is 1. The van der Waals surface area contributed by atoms with Crippen LogP contribution in [0.3, 0.4) is 0 Å². The average molecular weight is 957 g/mol. The lowest BCUT2D eigenvalue weighted by Crippen LogP contribution is -2.71. The summed E-state index contributed by atoms with van der Waals surface area (Å²) in [6.45, 7) is 8.58. The summed E-state index contributed by atoms with van der Waals surface area (Å²) in [5.74, 6) is -2.70. The first-order chi connectivity index (χ1) is 32.8. The molecular formula is C50H48N6O10S2. The molecule has 68 heavy (non-hydrogen) atoms. The molecule has 16 nitrogen and oxygen atoms in total. The van der Waals surface area contributed by atoms with Crippen molar-refractivity contribution < 1.29 is 47.8 Å². The zero-order valence-electron chi connectivity index (χ0n) is 37.2. The van der Waals surface area contributed by atoms with E-state index < -0.39 is 65.1 Å². The van der Waals surface area contributed by atoms with Gasteiger partial charge in [-0.1, -0.05) is 139 Å². The Morgan fingerprint density at radius 2 is 1.40 bits per heavy atom. The summed E-state index contributed by atoms with van der Waals surface area (Å²) in [5, 5.41) is 12.7. The number of hydrogen-bond acceptors (Lipinski definition) is 14. The fourth-order valence-corrected chi connectivity index (χ4v) is 9.21. The molecule has 0 bridgehead atoms. The standard InChI is InChI=1S/C50H48N6O10S2/c1-5-31-28-67-45-39(44(59)56(45)40(31)47(61)65-42(34-22-14-8-15-23-34)35-24-16-9-17-25-35)54-43(58)38(37-29-68-48(52-37)51-30-57)55-63-27-26-36(53-49(62)66-50(2,3)4)46(60)64-41(32-18-10-6-11-19-32)33-20-12-7-13-21-33/h5-25,29-30,36,39,41-42,45H,1,26-28H2,2-4H3,(H,53,62)(H,54,58)(H,51,52,57)/b55-38-/t36?,39?,45-/m1/s1. The Morgan fingerprint density at radius 3 is 1.91 bits per heavy atom. The lowest BCUT2D eigenvalue weighted by molar-refractivity contribution is -0.154. The maximum Gasteiger partial charge on any atom is 0.408 e. The van der Waals surface area contributed by atoms with Gasteiger partial charge in [-0.2, -0.15) is 0 Å². The number of nitrogens with one attached hydrogen (secondary N) is 3. The van der Waals surface area contributed by atoms with Gasteiger partial charge >= 0.3 is 18.0 Å². The molecule has 2 aliphatic heterocycles. The summed E-state index contributed by atoms with van der Waals surface area (Å²) < 4.78 is 17.7. The van der Waals surface area contributed by atoms with Crippen LogP contribution in [0, 0.1) is 0 Å². The zero-order valence-corrected chi connectivity index (χ0v) is 38.9. The number of rotatable bonds is 19. The van der Waals surface area contributed by atoms with Crippen molar-refractivity contribution >= 4 is 70.2 Å². The molecule has 4 amide bonds. The third kappa shape index (κ3) is 11.9. The Hall–Kier alpha value is -7.57. The number of amides is 4. The molecule has 2 unspecified atom stereocenters. The number of allylic oxidation sites excluding steroid dienone is 1. The monoisotopic (exact) mass is 956 g/mol. The van der Waals surface area contributed by atoms with Gasteiger partial charge in [-0.15, -0.1) is 23.1 Å². The number of hydrogen-bond donors (Lipinski definition) is 3. The Morgan fingerprint density at radius 1 is 0.853 bits per heavy atom. The summed E-state index contributed by atoms with van der Waals surface area (Å²) in [4.78, 5) is 91.7. The van der Waals surface area contributed by atoms with Crippen LogP contribution in [0.5, 0.6) is 0 Å². The number of alkyl carbamates (subject to hydrolysis) is 1. The molecule has 1 saturated heterocycles. The number of thioether (sulfide) groups is 1. The fraction of sp³-hybridized carbons (Fsp3) is 0.240. The third-order valence-electron chi connectivity index (χ3n) is 10.4. The van der Waals surface area contributed by atoms with Crippen molar-refractivity contribution in [3.63, 3.8) is 0 Å². The highest BCUT2D eigenvalue weighted by Crippen LogP contribution is 2.42. The Kier molecular flexibility index (Phi) is 15.8. The van der Waals surface area contributed by atoms with Crippen LogP contribution in [-0.2, 0) is 43.0 Å². The van der Waals surface area contributed by atoms with Gasteiger partial charge in [-0.05, 0) is 48.6 Å². The molecule has 3 atom stereocenters. The van der Waals surface area contributed by atoms with Crippen LogP contribution in [0.25, 0.3) is 0 Å². The van der Waals surface area contributed by atoms with Gasteiger partial charge in [0, 0.05) is 17.6 Å². The number of esters is 2. The van der Waals surface area contributed by atoms with E-state index in [4.69, 9.17) is 19.0 Å². The fourth-order valence-electron chi connectivity index (χ4n) is 7.21. The Bertz CT molecular complexity index is 2600. The van der Waals surface area contributed by atoms with E-state index in [1.54, 1.807) is 20.8 Å². The highest BCUT2D eigenvalue weighted by molar-refractivity contribution is 8.00. The van der Waals surface area contributed by atoms with Gasteiger partial charge in [0.15, 0.2) is 23.1 Å². The highest BCUT2D eigenvalue weighted by atomic mass is 32.2. The van der Waals surface area contributed by atoms with Crippen LogP contribution in [0.15, 0.2) is 156 Å². The van der Waals surface area contributed by atoms with Gasteiger partial charge in [-0.25, -0.2) is 19.4 Å². The molecule has 3 heterocycles. The quantitative estimate of drug-likeness (QED) is 0.0143. The Labute approximate surface area is 400 Å². The van der Waals surface area contributed by atoms with Crippen LogP contribution in [0.2, 0.25) is 0 Å². The van der Waals surface area contributed by atoms with E-state index in [0.717, 1.165) is 22.5 Å². The molecular weight excluding hydrogens is 909 g/mol. The first-order valence-corrected chi connectivity index (χ1v) is 23.4. The van der Waals surface area contributed by atoms with E-state index in [0.29, 0.717) is 23.1 Å². The van der Waals surface area contributed by atoms with Gasteiger partial charge in [0.2, 0.25) is 6.41 Å². The molecule has 7 rings (SSSR count). The largest absolute Gasteiger partial charge is 0.451 e. The second-order valence-electron chi connectivity index (χ2n) is 16.2. The van der Waals surface area contributed by atoms with Gasteiger partial charge in [0.25, 0.3) is 11.8 Å². The first kappa shape index (κ1) is 48.4. The van der Waals surface area contributed by atoms with Crippen molar-refractivity contribution in [3.05, 3.63) is 179 Å². The molecule has 4 aromatic carbocycles. The molecule has 0 aliphatic carbocycles. The second-order valence-corrected chi connectivity index (χ2v) is 18.2. The van der Waals surface area contributed by atoms with Gasteiger partial charge in [0.05, 0.1) is 0 Å². The molecule has 5 aromatic rings. The van der Waals surface area contributed by atoms with Crippen LogP contribution in [0.1, 0.15) is 67.3 Å². The van der Waals surface area contributed by atoms with E-state index in [9.17, 15) is 28.8 Å². The molecule has 350 valence electrons. The highest BCUT2D eigenvalue weighted by Gasteiger charge is 2.55. The van der Waals surface area contributed by atoms with Crippen LogP contribution in [-0.4, -0.2) is 87.3 Å². The molecule has 1 fully saturated rings. The van der Waals surface area contributed by atoms with Gasteiger partial charge in [-0.3, -0.25) is 19.3 Å². The second kappa shape index (κ2) is 22.3. The maximum atomic E-state index is 14.1. The number of anilines is 1. The van der Waals surface area contributed by atoms with Crippen molar-refractivity contribution in [3.8, 4) is 0 Å². The summed E-state index contributed by atoms with van der Waals surface area (Å²) in [5.41, 5.74) is 2.10. The van der Waals surface area contributed by atoms with Crippen molar-refractivity contribution in [2.45, 2.75) is 62.5 Å². The van der Waals surface area contributed by atoms with Crippen LogP contribution in [0.4, 0.5) is 9.93 Å². The minimum Gasteiger partial charge on any atom is -0.451 e. The molecule has 0 spiro atoms. The number of carbonyl (C=O) groups is 6. The topological polar surface area (TPSA) is 204 Å². The van der Waals surface area contributed by atoms with E-state index in [-0.39, 0.29) is 41.0 Å². The zero-order chi connectivity index (χ0) is 48.2. The summed E-state index contributed by atoms with van der Waals surface area (Å²) in [6, 6.07) is 34.3. The normalized spacial score (nSPS) is 16.2. The lowest BCUT2D eigenvalue weighted by atomic mass is 10.0. The van der Waals surface area contributed by atoms with E-state index >= 15 is 0 Å². The van der Waals surface area contributed by atoms with Crippen molar-refractivity contribution in [1.29, 1.82) is 0 Å². The molecule has 1 aromatic heterocycles. The minimum atomic E-state index is -1.30. The molecule has 0 radical (unpaired) electrons. The summed E-state index contributed by atoms with van der Waals surface area (Å²) in [6.07, 6.45) is -0.752. The molecule has 3 N–H and O–H groups in total. The number of thiazole rings is 1. The third-order valence-corrected chi connectivity index (χ3v) is 12.4. The number of nitrogens with zero attached hydrogens (tertiary/aromatic N) is 3. The predicted molar refractivity (Wildman–Crippen MR) is 256 cm³/mol. The average Bonchev–Trinajstić information content (AvgIpc) is 3.81. The van der Waals surface area contributed by atoms with E-state index in [2.05, 4.69) is 32.7 Å². The van der Waals surface area contributed by atoms with Crippen molar-refractivity contribution in [2.75, 3.05) is 17.7 Å². The van der Waals surface area contributed by atoms with Gasteiger partial charge < -0.3 is 35.0 Å². The molecule has 2 aliphatic rings. The van der Waals surface area contributed by atoms with Crippen molar-refractivity contribution in [2.24, 2.45) is 5.16 Å². The molecule has 18 heteroatoms. The number of oxime groups is 1. The van der Waals surface area contributed by atoms with Crippen LogP contribution >= 0.6 is 23.1 Å². The summed E-state index contributed by atoms with van der Waals surface area (Å²) in [7, 11) is 0. The number of ether oxygens (including phenoxy) is 3. The van der Waals surface area contributed by atoms with E-state index in [1.807, 2.05) is 121 Å². The summed E-state index contributed by atoms with van der Waals surface area (Å²) >= 11 is 2.33. The predicted octanol–water partition coefficient (Wildman–Crippen LogP) is 7.22. The minimum absolute atomic E-state index is 0.000786. The van der Waals surface area contributed by atoms with Crippen molar-refractivity contribution in [1.82, 2.24) is 20.5 Å². The van der Waals surface area contributed by atoms with Gasteiger partial charge in [0.1, 0.15) is 41.1 Å². The van der Waals surface area contributed by atoms with Crippen LogP contribution < -0.4 is 16.0 Å². The number of carbonyl (C=O) groups excluding carboxylic acids is 6. The SMILES string of the molecule is C=CC1=C(C(=O)OC(c2ccccc2)c2ccccc2)N2C(=O)C(NC(=O)/C(=N\OCCC(NC(=O)OC(C)(C)C)C(=O)OC(c3ccccc3)c3ccccc3)c3csc(NC=O)n3)[C@H]2SC1. The van der Waals surface area contributed by atoms with E-state index in [1.165, 1.54) is 28.1 Å². The maximum absolute atomic E-state index is 14.1. The molecule has 0 saturated carbocycles. The number of benzene rings is 4. The first-order valence-electron chi connectivity index (χ1n) is 21.4. The smallest absolute Gasteiger partial charge is 0.408 e. The lowest BCUT2D eigenvalue weighted by Gasteiger charge is -2.49. The number of fused-ring (bicyclic) bond motifs is 1. The Balaban J connectivity index is 1.08.